The van der Waals surface area contributed by atoms with Crippen molar-refractivity contribution in [2.45, 2.75) is 51.2 Å². The number of nitrogens with zero attached hydrogens (tertiary/aromatic N) is 1. The van der Waals surface area contributed by atoms with E-state index in [-0.39, 0.29) is 23.4 Å². The molecule has 128 valence electrons. The number of aromatic nitrogens is 1. The van der Waals surface area contributed by atoms with E-state index in [9.17, 15) is 9.90 Å². The number of benzene rings is 1. The minimum atomic E-state index is -1.06. The van der Waals surface area contributed by atoms with E-state index in [1.807, 2.05) is 25.1 Å². The van der Waals surface area contributed by atoms with Gasteiger partial charge in [-0.25, -0.2) is 4.79 Å². The molecule has 3 rings (SSSR count). The summed E-state index contributed by atoms with van der Waals surface area (Å²) in [5.74, 6) is -0.458. The Hall–Kier alpha value is -2.34. The first-order valence-corrected chi connectivity index (χ1v) is 8.37. The van der Waals surface area contributed by atoms with E-state index in [2.05, 4.69) is 4.98 Å². The number of hydrogen-bond donors (Lipinski definition) is 3. The first kappa shape index (κ1) is 16.5. The van der Waals surface area contributed by atoms with Gasteiger partial charge in [-0.1, -0.05) is 13.0 Å². The zero-order valence-corrected chi connectivity index (χ0v) is 13.8. The highest BCUT2D eigenvalue weighted by Gasteiger charge is 2.23. The molecule has 1 fully saturated rings. The summed E-state index contributed by atoms with van der Waals surface area (Å²) in [6.07, 6.45) is 4.24. The van der Waals surface area contributed by atoms with Crippen LogP contribution in [0.25, 0.3) is 10.9 Å². The van der Waals surface area contributed by atoms with Crippen LogP contribution in [0.5, 0.6) is 5.75 Å². The van der Waals surface area contributed by atoms with Gasteiger partial charge in [-0.05, 0) is 44.2 Å². The molecule has 0 bridgehead atoms. The predicted octanol–water partition coefficient (Wildman–Crippen LogP) is 2.73. The van der Waals surface area contributed by atoms with Gasteiger partial charge >= 0.3 is 5.97 Å². The monoisotopic (exact) mass is 329 g/mol. The van der Waals surface area contributed by atoms with Crippen molar-refractivity contribution < 1.29 is 14.6 Å². The quantitative estimate of drug-likeness (QED) is 0.795. The van der Waals surface area contributed by atoms with E-state index in [0.29, 0.717) is 28.8 Å². The Morgan fingerprint density at radius 3 is 2.67 bits per heavy atom. The van der Waals surface area contributed by atoms with E-state index in [1.165, 1.54) is 0 Å². The van der Waals surface area contributed by atoms with Gasteiger partial charge in [0.05, 0.1) is 28.4 Å². The molecule has 1 aliphatic carbocycles. The second kappa shape index (κ2) is 6.65. The van der Waals surface area contributed by atoms with Crippen molar-refractivity contribution in [3.8, 4) is 5.75 Å². The summed E-state index contributed by atoms with van der Waals surface area (Å²) < 4.78 is 6.14. The van der Waals surface area contributed by atoms with Crippen LogP contribution in [0.2, 0.25) is 0 Å². The predicted molar refractivity (Wildman–Crippen MR) is 93.4 cm³/mol. The summed E-state index contributed by atoms with van der Waals surface area (Å²) in [5, 5.41) is 10.1. The van der Waals surface area contributed by atoms with Crippen LogP contribution in [-0.2, 0) is 6.42 Å². The van der Waals surface area contributed by atoms with Crippen LogP contribution in [-0.4, -0.2) is 28.2 Å². The van der Waals surface area contributed by atoms with Gasteiger partial charge in [-0.3, -0.25) is 4.98 Å². The molecule has 0 unspecified atom stereocenters. The maximum Gasteiger partial charge on any atom is 0.339 e. The molecular weight excluding hydrogens is 306 g/mol. The first-order valence-electron chi connectivity index (χ1n) is 8.37. The Balaban J connectivity index is 2.05. The molecular formula is C18H23N3O3. The number of aryl methyl sites for hydroxylation is 1. The minimum absolute atomic E-state index is 0.0757. The molecule has 1 saturated carbocycles. The number of carboxylic acids is 1. The number of hydrogen-bond acceptors (Lipinski definition) is 5. The van der Waals surface area contributed by atoms with Gasteiger partial charge in [-0.15, -0.1) is 0 Å². The SMILES string of the molecule is CCc1nc2cccc(OC3CCC(N)CC3)c2c(N)c1C(=O)O. The molecule has 1 aromatic heterocycles. The number of ether oxygens (including phenoxy) is 1. The van der Waals surface area contributed by atoms with Crippen LogP contribution in [0.1, 0.15) is 48.7 Å². The summed E-state index contributed by atoms with van der Waals surface area (Å²) in [6, 6.07) is 5.76. The molecule has 24 heavy (non-hydrogen) atoms. The van der Waals surface area contributed by atoms with Crippen molar-refractivity contribution in [1.82, 2.24) is 4.98 Å². The number of carboxylic acid groups (broad SMARTS) is 1. The first-order chi connectivity index (χ1) is 11.5. The van der Waals surface area contributed by atoms with Gasteiger partial charge in [0.25, 0.3) is 0 Å². The lowest BCUT2D eigenvalue weighted by molar-refractivity contribution is 0.0696. The lowest BCUT2D eigenvalue weighted by Crippen LogP contribution is -2.31. The number of anilines is 1. The second-order valence-electron chi connectivity index (χ2n) is 6.31. The number of rotatable bonds is 4. The van der Waals surface area contributed by atoms with Gasteiger partial charge in [0.2, 0.25) is 0 Å². The molecule has 1 heterocycles. The maximum atomic E-state index is 11.6. The largest absolute Gasteiger partial charge is 0.490 e. The summed E-state index contributed by atoms with van der Waals surface area (Å²) in [5.41, 5.74) is 13.6. The molecule has 0 atom stereocenters. The smallest absolute Gasteiger partial charge is 0.339 e. The highest BCUT2D eigenvalue weighted by molar-refractivity contribution is 6.06. The van der Waals surface area contributed by atoms with Gasteiger partial charge in [-0.2, -0.15) is 0 Å². The van der Waals surface area contributed by atoms with E-state index in [4.69, 9.17) is 16.2 Å². The Morgan fingerprint density at radius 2 is 2.04 bits per heavy atom. The third-order valence-corrected chi connectivity index (χ3v) is 4.65. The summed E-state index contributed by atoms with van der Waals surface area (Å²) >= 11 is 0. The Labute approximate surface area is 140 Å². The van der Waals surface area contributed by atoms with Crippen molar-refractivity contribution in [3.63, 3.8) is 0 Å². The maximum absolute atomic E-state index is 11.6. The van der Waals surface area contributed by atoms with Crippen LogP contribution in [0.15, 0.2) is 18.2 Å². The third kappa shape index (κ3) is 3.01. The van der Waals surface area contributed by atoms with Crippen LogP contribution in [0.4, 0.5) is 5.69 Å². The molecule has 0 saturated heterocycles. The van der Waals surface area contributed by atoms with Crippen molar-refractivity contribution in [1.29, 1.82) is 0 Å². The number of carbonyl (C=O) groups is 1. The Bertz CT molecular complexity index is 768. The fourth-order valence-electron chi connectivity index (χ4n) is 3.34. The normalized spacial score (nSPS) is 20.9. The van der Waals surface area contributed by atoms with Gasteiger partial charge < -0.3 is 21.3 Å². The van der Waals surface area contributed by atoms with Gasteiger partial charge in [0.1, 0.15) is 11.3 Å². The Morgan fingerprint density at radius 1 is 1.33 bits per heavy atom. The molecule has 1 aromatic carbocycles. The number of pyridine rings is 1. The lowest BCUT2D eigenvalue weighted by Gasteiger charge is -2.27. The minimum Gasteiger partial charge on any atom is -0.490 e. The molecule has 6 nitrogen and oxygen atoms in total. The number of fused-ring (bicyclic) bond motifs is 1. The van der Waals surface area contributed by atoms with E-state index in [0.717, 1.165) is 25.7 Å². The van der Waals surface area contributed by atoms with E-state index >= 15 is 0 Å². The van der Waals surface area contributed by atoms with Crippen LogP contribution in [0.3, 0.4) is 0 Å². The molecule has 0 aliphatic heterocycles. The number of aromatic carboxylic acids is 1. The van der Waals surface area contributed by atoms with Crippen LogP contribution < -0.4 is 16.2 Å². The van der Waals surface area contributed by atoms with E-state index in [1.54, 1.807) is 0 Å². The molecule has 0 radical (unpaired) electrons. The van der Waals surface area contributed by atoms with Crippen molar-refractivity contribution in [2.75, 3.05) is 5.73 Å². The van der Waals surface area contributed by atoms with Crippen molar-refractivity contribution in [3.05, 3.63) is 29.5 Å². The molecule has 5 N–H and O–H groups in total. The lowest BCUT2D eigenvalue weighted by atomic mass is 9.93. The second-order valence-corrected chi connectivity index (χ2v) is 6.31. The average Bonchev–Trinajstić information content (AvgIpc) is 2.56. The summed E-state index contributed by atoms with van der Waals surface area (Å²) in [4.78, 5) is 16.1. The highest BCUT2D eigenvalue weighted by Crippen LogP contribution is 2.35. The number of nitrogens with two attached hydrogens (primary N) is 2. The fourth-order valence-corrected chi connectivity index (χ4v) is 3.34. The zero-order valence-electron chi connectivity index (χ0n) is 13.8. The van der Waals surface area contributed by atoms with Crippen molar-refractivity contribution in [2.24, 2.45) is 5.73 Å². The Kier molecular flexibility index (Phi) is 4.57. The highest BCUT2D eigenvalue weighted by atomic mass is 16.5. The molecule has 2 aromatic rings. The molecule has 1 aliphatic rings. The van der Waals surface area contributed by atoms with Crippen molar-refractivity contribution >= 4 is 22.6 Å². The fraction of sp³-hybridized carbons (Fsp3) is 0.444. The topological polar surface area (TPSA) is 111 Å². The third-order valence-electron chi connectivity index (χ3n) is 4.65. The molecule has 0 spiro atoms. The standard InChI is InChI=1S/C18H23N3O3/c1-2-12-16(18(22)23)17(20)15-13(21-12)4-3-5-14(15)24-11-8-6-10(19)7-9-11/h3-5,10-11H,2,6-9,19H2,1H3,(H2,20,21)(H,22,23). The summed E-state index contributed by atoms with van der Waals surface area (Å²) in [7, 11) is 0. The van der Waals surface area contributed by atoms with Crippen LogP contribution >= 0.6 is 0 Å². The summed E-state index contributed by atoms with van der Waals surface area (Å²) in [6.45, 7) is 1.87. The van der Waals surface area contributed by atoms with Gasteiger partial charge in [0, 0.05) is 6.04 Å². The molecule has 0 amide bonds. The number of nitrogen functional groups attached to an aromatic ring is 1. The van der Waals surface area contributed by atoms with Crippen LogP contribution in [0, 0.1) is 0 Å². The molecule has 6 heteroatoms. The van der Waals surface area contributed by atoms with E-state index < -0.39 is 5.97 Å². The zero-order chi connectivity index (χ0) is 17.3. The average molecular weight is 329 g/mol. The van der Waals surface area contributed by atoms with Gasteiger partial charge in [0.15, 0.2) is 0 Å².